The molecule has 1 heterocycles. The van der Waals surface area contributed by atoms with Crippen LogP contribution in [0, 0.1) is 5.92 Å². The average molecular weight is 355 g/mol. The second-order valence-corrected chi connectivity index (χ2v) is 7.18. The highest BCUT2D eigenvalue weighted by Gasteiger charge is 2.47. The van der Waals surface area contributed by atoms with Gasteiger partial charge in [0, 0.05) is 24.2 Å². The molecule has 1 saturated heterocycles. The molecule has 25 heavy (non-hydrogen) atoms. The Bertz CT molecular complexity index is 808. The van der Waals surface area contributed by atoms with Crippen LogP contribution in [0.5, 0.6) is 0 Å². The Hall–Kier alpha value is -2.33. The summed E-state index contributed by atoms with van der Waals surface area (Å²) in [7, 11) is 0. The number of hydrogen-bond donors (Lipinski definition) is 1. The van der Waals surface area contributed by atoms with Crippen LogP contribution in [-0.2, 0) is 0 Å². The van der Waals surface area contributed by atoms with Gasteiger partial charge in [-0.25, -0.2) is 0 Å². The first kappa shape index (κ1) is 16.2. The molecule has 5 heteroatoms. The van der Waals surface area contributed by atoms with E-state index in [0.29, 0.717) is 28.6 Å². The van der Waals surface area contributed by atoms with E-state index in [1.165, 1.54) is 0 Å². The molecule has 2 aromatic carbocycles. The molecule has 0 spiro atoms. The van der Waals surface area contributed by atoms with E-state index in [2.05, 4.69) is 5.32 Å². The summed E-state index contributed by atoms with van der Waals surface area (Å²) in [6, 6.07) is 16.7. The van der Waals surface area contributed by atoms with Crippen LogP contribution in [0.15, 0.2) is 54.6 Å². The molecule has 3 atom stereocenters. The van der Waals surface area contributed by atoms with Crippen LogP contribution in [0.2, 0.25) is 5.02 Å². The standard InChI is InChI=1S/C20H19ClN2O2/c21-17-9-5-4-8-16(17)20(25)23-12-14-10-15(23)11-18(14)22-19(24)13-6-2-1-3-7-13/h1-9,14-15,18H,10-12H2,(H,22,24). The van der Waals surface area contributed by atoms with Gasteiger partial charge in [-0.1, -0.05) is 41.9 Å². The van der Waals surface area contributed by atoms with Crippen LogP contribution >= 0.6 is 11.6 Å². The Kier molecular flexibility index (Phi) is 4.22. The van der Waals surface area contributed by atoms with E-state index in [1.807, 2.05) is 47.4 Å². The van der Waals surface area contributed by atoms with Gasteiger partial charge in [-0.2, -0.15) is 0 Å². The monoisotopic (exact) mass is 354 g/mol. The van der Waals surface area contributed by atoms with Crippen molar-refractivity contribution in [3.8, 4) is 0 Å². The number of nitrogens with one attached hydrogen (secondary N) is 1. The molecule has 4 nitrogen and oxygen atoms in total. The van der Waals surface area contributed by atoms with Gasteiger partial charge in [0.2, 0.25) is 0 Å². The molecule has 1 aliphatic heterocycles. The average Bonchev–Trinajstić information content (AvgIpc) is 3.22. The van der Waals surface area contributed by atoms with Crippen LogP contribution in [0.25, 0.3) is 0 Å². The van der Waals surface area contributed by atoms with Gasteiger partial charge in [0.25, 0.3) is 11.8 Å². The van der Waals surface area contributed by atoms with Crippen molar-refractivity contribution in [3.63, 3.8) is 0 Å². The maximum atomic E-state index is 12.8. The largest absolute Gasteiger partial charge is 0.349 e. The predicted molar refractivity (Wildman–Crippen MR) is 96.7 cm³/mol. The van der Waals surface area contributed by atoms with Gasteiger partial charge in [-0.3, -0.25) is 9.59 Å². The summed E-state index contributed by atoms with van der Waals surface area (Å²) in [6.45, 7) is 0.675. The molecule has 2 fully saturated rings. The molecule has 1 N–H and O–H groups in total. The van der Waals surface area contributed by atoms with Gasteiger partial charge < -0.3 is 10.2 Å². The van der Waals surface area contributed by atoms with E-state index >= 15 is 0 Å². The number of likely N-dealkylation sites (tertiary alicyclic amines) is 1. The van der Waals surface area contributed by atoms with E-state index < -0.39 is 0 Å². The first-order chi connectivity index (χ1) is 12.1. The summed E-state index contributed by atoms with van der Waals surface area (Å²) in [4.78, 5) is 27.0. The maximum absolute atomic E-state index is 12.8. The Morgan fingerprint density at radius 3 is 2.40 bits per heavy atom. The lowest BCUT2D eigenvalue weighted by atomic mass is 10.0. The van der Waals surface area contributed by atoms with Crippen molar-refractivity contribution in [1.82, 2.24) is 10.2 Å². The van der Waals surface area contributed by atoms with Crippen LogP contribution in [0.4, 0.5) is 0 Å². The minimum Gasteiger partial charge on any atom is -0.349 e. The first-order valence-corrected chi connectivity index (χ1v) is 8.92. The minimum atomic E-state index is -0.0397. The third-order valence-electron chi connectivity index (χ3n) is 5.26. The molecule has 128 valence electrons. The number of rotatable bonds is 3. The summed E-state index contributed by atoms with van der Waals surface area (Å²) in [5.41, 5.74) is 1.23. The summed E-state index contributed by atoms with van der Waals surface area (Å²) in [6.07, 6.45) is 1.75. The van der Waals surface area contributed by atoms with Crippen LogP contribution < -0.4 is 5.32 Å². The SMILES string of the molecule is O=C(NC1CC2CC1CN2C(=O)c1ccccc1Cl)c1ccccc1. The third kappa shape index (κ3) is 3.02. The molecule has 0 aromatic heterocycles. The summed E-state index contributed by atoms with van der Waals surface area (Å²) >= 11 is 6.16. The number of halogens is 1. The molecule has 3 unspecified atom stereocenters. The van der Waals surface area contributed by atoms with Crippen molar-refractivity contribution in [1.29, 1.82) is 0 Å². The zero-order valence-corrected chi connectivity index (χ0v) is 14.4. The van der Waals surface area contributed by atoms with Crippen molar-refractivity contribution in [2.75, 3.05) is 6.54 Å². The van der Waals surface area contributed by atoms with Crippen LogP contribution in [-0.4, -0.2) is 35.3 Å². The predicted octanol–water partition coefficient (Wildman–Crippen LogP) is 3.37. The van der Waals surface area contributed by atoms with E-state index in [0.717, 1.165) is 12.8 Å². The van der Waals surface area contributed by atoms with E-state index in [-0.39, 0.29) is 23.9 Å². The fraction of sp³-hybridized carbons (Fsp3) is 0.300. The summed E-state index contributed by atoms with van der Waals surface area (Å²) in [5, 5.41) is 3.62. The topological polar surface area (TPSA) is 49.4 Å². The number of nitrogens with zero attached hydrogens (tertiary/aromatic N) is 1. The number of carbonyl (C=O) groups excluding carboxylic acids is 2. The quantitative estimate of drug-likeness (QED) is 0.918. The first-order valence-electron chi connectivity index (χ1n) is 8.55. The number of hydrogen-bond acceptors (Lipinski definition) is 2. The van der Waals surface area contributed by atoms with Crippen molar-refractivity contribution in [2.45, 2.75) is 24.9 Å². The lowest BCUT2D eigenvalue weighted by Crippen LogP contribution is -2.47. The van der Waals surface area contributed by atoms with E-state index in [9.17, 15) is 9.59 Å². The molecule has 2 bridgehead atoms. The number of amides is 2. The molecule has 1 aliphatic carbocycles. The Morgan fingerprint density at radius 2 is 1.72 bits per heavy atom. The zero-order chi connectivity index (χ0) is 17.4. The lowest BCUT2D eigenvalue weighted by molar-refractivity contribution is 0.0680. The second kappa shape index (κ2) is 6.52. The molecule has 4 rings (SSSR count). The highest BCUT2D eigenvalue weighted by Crippen LogP contribution is 2.39. The van der Waals surface area contributed by atoms with E-state index in [1.54, 1.807) is 12.1 Å². The Morgan fingerprint density at radius 1 is 1.00 bits per heavy atom. The fourth-order valence-corrected chi connectivity index (χ4v) is 4.23. The van der Waals surface area contributed by atoms with Crippen molar-refractivity contribution >= 4 is 23.4 Å². The highest BCUT2D eigenvalue weighted by atomic mass is 35.5. The normalized spacial score (nSPS) is 24.4. The van der Waals surface area contributed by atoms with Crippen molar-refractivity contribution in [3.05, 3.63) is 70.7 Å². The van der Waals surface area contributed by atoms with Gasteiger partial charge in [0.1, 0.15) is 0 Å². The molecule has 1 saturated carbocycles. The minimum absolute atomic E-state index is 0.00839. The Balaban J connectivity index is 1.41. The molecular weight excluding hydrogens is 336 g/mol. The number of benzene rings is 2. The van der Waals surface area contributed by atoms with Gasteiger partial charge in [0.15, 0.2) is 0 Å². The molecule has 2 amide bonds. The summed E-state index contributed by atoms with van der Waals surface area (Å²) < 4.78 is 0. The lowest BCUT2D eigenvalue weighted by Gasteiger charge is -2.32. The molecule has 2 aromatic rings. The fourth-order valence-electron chi connectivity index (χ4n) is 4.01. The van der Waals surface area contributed by atoms with Crippen molar-refractivity contribution < 1.29 is 9.59 Å². The van der Waals surface area contributed by atoms with Crippen molar-refractivity contribution in [2.24, 2.45) is 5.92 Å². The zero-order valence-electron chi connectivity index (χ0n) is 13.7. The van der Waals surface area contributed by atoms with Gasteiger partial charge in [0.05, 0.1) is 10.6 Å². The number of carbonyl (C=O) groups is 2. The second-order valence-electron chi connectivity index (χ2n) is 6.77. The number of fused-ring (bicyclic) bond motifs is 2. The number of piperidine rings is 1. The Labute approximate surface area is 151 Å². The third-order valence-corrected chi connectivity index (χ3v) is 5.59. The smallest absolute Gasteiger partial charge is 0.255 e. The van der Waals surface area contributed by atoms with Crippen LogP contribution in [0.3, 0.4) is 0 Å². The maximum Gasteiger partial charge on any atom is 0.255 e. The molecular formula is C20H19ClN2O2. The highest BCUT2D eigenvalue weighted by molar-refractivity contribution is 6.33. The molecule has 0 radical (unpaired) electrons. The van der Waals surface area contributed by atoms with Gasteiger partial charge in [-0.15, -0.1) is 0 Å². The molecule has 2 aliphatic rings. The van der Waals surface area contributed by atoms with Gasteiger partial charge in [-0.05, 0) is 43.0 Å². The van der Waals surface area contributed by atoms with Crippen LogP contribution in [0.1, 0.15) is 33.6 Å². The van der Waals surface area contributed by atoms with E-state index in [4.69, 9.17) is 11.6 Å². The van der Waals surface area contributed by atoms with Gasteiger partial charge >= 0.3 is 0 Å². The summed E-state index contributed by atoms with van der Waals surface area (Å²) in [5.74, 6) is 0.261.